The van der Waals surface area contributed by atoms with Crippen molar-refractivity contribution in [3.8, 4) is 11.8 Å². The number of carbonyl (C=O) groups is 2. The molecule has 1 aromatic heterocycles. The molecule has 0 aliphatic carbocycles. The van der Waals surface area contributed by atoms with Gasteiger partial charge in [-0.25, -0.2) is 9.59 Å². The summed E-state index contributed by atoms with van der Waals surface area (Å²) >= 11 is 1.54. The molecule has 1 fully saturated rings. The number of benzene rings is 1. The van der Waals surface area contributed by atoms with Gasteiger partial charge in [-0.05, 0) is 24.3 Å². The second kappa shape index (κ2) is 9.04. The van der Waals surface area contributed by atoms with Gasteiger partial charge in [0.1, 0.15) is 5.82 Å². The molecule has 0 unspecified atom stereocenters. The molecule has 9 nitrogen and oxygen atoms in total. The second-order valence-electron chi connectivity index (χ2n) is 6.56. The first kappa shape index (κ1) is 21.4. The molecule has 30 heavy (non-hydrogen) atoms. The van der Waals surface area contributed by atoms with Crippen LogP contribution in [0.4, 0.5) is 5.69 Å². The fourth-order valence-electron chi connectivity index (χ4n) is 2.45. The molecule has 0 saturated carbocycles. The van der Waals surface area contributed by atoms with Crippen LogP contribution in [0, 0.1) is 0 Å². The molecule has 1 aromatic carbocycles. The number of carbonyl (C=O) groups excluding carboxylic acids is 2. The minimum atomic E-state index is -1.26. The molecule has 2 heterocycles. The van der Waals surface area contributed by atoms with E-state index in [0.717, 1.165) is 4.90 Å². The van der Waals surface area contributed by atoms with Gasteiger partial charge in [0.15, 0.2) is 5.57 Å². The molecular weight excluding hydrogens is 410 g/mol. The van der Waals surface area contributed by atoms with Crippen molar-refractivity contribution in [2.24, 2.45) is 0 Å². The number of hydrogen-bond donors (Lipinski definition) is 1. The minimum Gasteiger partial charge on any atom is -0.481 e. The van der Waals surface area contributed by atoms with Gasteiger partial charge in [-0.2, -0.15) is 9.97 Å². The van der Waals surface area contributed by atoms with Crippen molar-refractivity contribution in [2.45, 2.75) is 30.3 Å². The molecule has 0 radical (unpaired) electrons. The van der Waals surface area contributed by atoms with Crippen LogP contribution >= 0.6 is 11.8 Å². The van der Waals surface area contributed by atoms with Gasteiger partial charge in [-0.15, -0.1) is 11.8 Å². The number of aromatic nitrogens is 2. The SMILES string of the molecule is COc1cc(OC)nc(CSc2ccc(NC=C3C(=O)OC(C)(C)OC3=O)cc2)n1. The molecule has 1 aliphatic rings. The van der Waals surface area contributed by atoms with Crippen molar-refractivity contribution in [3.63, 3.8) is 0 Å². The van der Waals surface area contributed by atoms with Crippen LogP contribution < -0.4 is 14.8 Å². The highest BCUT2D eigenvalue weighted by Gasteiger charge is 2.38. The predicted molar refractivity (Wildman–Crippen MR) is 109 cm³/mol. The Labute approximate surface area is 177 Å². The molecule has 158 valence electrons. The molecule has 0 amide bonds. The van der Waals surface area contributed by atoms with E-state index < -0.39 is 17.7 Å². The Hall–Kier alpha value is -3.27. The summed E-state index contributed by atoms with van der Waals surface area (Å²) in [5, 5.41) is 2.90. The summed E-state index contributed by atoms with van der Waals surface area (Å²) in [6.45, 7) is 2.99. The monoisotopic (exact) mass is 431 g/mol. The summed E-state index contributed by atoms with van der Waals surface area (Å²) in [5.74, 6) is -0.741. The zero-order valence-electron chi connectivity index (χ0n) is 16.9. The van der Waals surface area contributed by atoms with Crippen molar-refractivity contribution in [2.75, 3.05) is 19.5 Å². The third-order valence-electron chi connectivity index (χ3n) is 3.87. The van der Waals surface area contributed by atoms with Crippen LogP contribution in [0.1, 0.15) is 19.7 Å². The molecule has 10 heteroatoms. The predicted octanol–water partition coefficient (Wildman–Crippen LogP) is 2.92. The topological polar surface area (TPSA) is 109 Å². The Morgan fingerprint density at radius 3 is 2.13 bits per heavy atom. The fraction of sp³-hybridized carbons (Fsp3) is 0.300. The maximum atomic E-state index is 11.9. The van der Waals surface area contributed by atoms with Gasteiger partial charge < -0.3 is 24.3 Å². The minimum absolute atomic E-state index is 0.197. The summed E-state index contributed by atoms with van der Waals surface area (Å²) in [4.78, 5) is 33.5. The first-order valence-electron chi connectivity index (χ1n) is 8.92. The number of hydrogen-bond acceptors (Lipinski definition) is 10. The van der Waals surface area contributed by atoms with E-state index in [1.54, 1.807) is 6.07 Å². The van der Waals surface area contributed by atoms with E-state index in [1.165, 1.54) is 46.0 Å². The maximum Gasteiger partial charge on any atom is 0.350 e. The van der Waals surface area contributed by atoms with Gasteiger partial charge >= 0.3 is 11.9 Å². The van der Waals surface area contributed by atoms with E-state index in [2.05, 4.69) is 15.3 Å². The normalized spacial score (nSPS) is 15.1. The lowest BCUT2D eigenvalue weighted by Gasteiger charge is -2.29. The van der Waals surface area contributed by atoms with Crippen molar-refractivity contribution < 1.29 is 28.5 Å². The van der Waals surface area contributed by atoms with E-state index in [1.807, 2.05) is 24.3 Å². The van der Waals surface area contributed by atoms with E-state index in [4.69, 9.17) is 18.9 Å². The highest BCUT2D eigenvalue weighted by atomic mass is 32.2. The number of methoxy groups -OCH3 is 2. The summed E-state index contributed by atoms with van der Waals surface area (Å²) in [7, 11) is 3.07. The second-order valence-corrected chi connectivity index (χ2v) is 7.61. The molecular formula is C20H21N3O6S. The number of esters is 2. The quantitative estimate of drug-likeness (QED) is 0.304. The fourth-order valence-corrected chi connectivity index (χ4v) is 3.21. The summed E-state index contributed by atoms with van der Waals surface area (Å²) in [5.41, 5.74) is 0.494. The average Bonchev–Trinajstić information content (AvgIpc) is 2.71. The van der Waals surface area contributed by atoms with Crippen LogP contribution in [0.3, 0.4) is 0 Å². The first-order chi connectivity index (χ1) is 14.3. The number of cyclic esters (lactones) is 2. The average molecular weight is 431 g/mol. The standard InChI is InChI=1S/C20H21N3O6S/c1-20(2)28-18(24)14(19(25)29-20)10-21-12-5-7-13(8-6-12)30-11-15-22-16(26-3)9-17(23-15)27-4/h5-10,21H,11H2,1-4H3. The smallest absolute Gasteiger partial charge is 0.350 e. The third kappa shape index (κ3) is 5.41. The Morgan fingerprint density at radius 2 is 1.60 bits per heavy atom. The number of anilines is 1. The first-order valence-corrected chi connectivity index (χ1v) is 9.90. The van der Waals surface area contributed by atoms with E-state index in [-0.39, 0.29) is 5.57 Å². The van der Waals surface area contributed by atoms with Crippen LogP contribution in [0.5, 0.6) is 11.8 Å². The van der Waals surface area contributed by atoms with Gasteiger partial charge in [0, 0.05) is 30.6 Å². The van der Waals surface area contributed by atoms with Gasteiger partial charge in [0.05, 0.1) is 26.0 Å². The van der Waals surface area contributed by atoms with E-state index in [9.17, 15) is 9.59 Å². The molecule has 2 aromatic rings. The van der Waals surface area contributed by atoms with Gasteiger partial charge in [-0.3, -0.25) is 0 Å². The van der Waals surface area contributed by atoms with Gasteiger partial charge in [0.2, 0.25) is 11.8 Å². The van der Waals surface area contributed by atoms with Crippen molar-refractivity contribution in [3.05, 3.63) is 47.9 Å². The largest absolute Gasteiger partial charge is 0.481 e. The van der Waals surface area contributed by atoms with Crippen LogP contribution in [0.15, 0.2) is 47.0 Å². The highest BCUT2D eigenvalue weighted by molar-refractivity contribution is 7.98. The lowest BCUT2D eigenvalue weighted by Crippen LogP contribution is -2.42. The van der Waals surface area contributed by atoms with E-state index in [0.29, 0.717) is 29.0 Å². The van der Waals surface area contributed by atoms with E-state index >= 15 is 0 Å². The molecule has 1 aliphatic heterocycles. The Bertz CT molecular complexity index is 931. The number of rotatable bonds is 7. The maximum absolute atomic E-state index is 11.9. The molecule has 1 saturated heterocycles. The summed E-state index contributed by atoms with van der Waals surface area (Å²) < 4.78 is 20.4. The molecule has 0 bridgehead atoms. The number of nitrogens with one attached hydrogen (secondary N) is 1. The third-order valence-corrected chi connectivity index (χ3v) is 4.87. The Balaban J connectivity index is 1.60. The zero-order chi connectivity index (χ0) is 21.7. The van der Waals surface area contributed by atoms with Crippen LogP contribution in [-0.2, 0) is 24.8 Å². The number of ether oxygens (including phenoxy) is 4. The van der Waals surface area contributed by atoms with Crippen molar-refractivity contribution in [1.82, 2.24) is 9.97 Å². The molecule has 0 atom stereocenters. The zero-order valence-corrected chi connectivity index (χ0v) is 17.7. The summed E-state index contributed by atoms with van der Waals surface area (Å²) in [6.07, 6.45) is 1.28. The van der Waals surface area contributed by atoms with Crippen molar-refractivity contribution >= 4 is 29.4 Å². The van der Waals surface area contributed by atoms with Crippen LogP contribution in [-0.4, -0.2) is 41.9 Å². The summed E-state index contributed by atoms with van der Waals surface area (Å²) in [6, 6.07) is 9.03. The highest BCUT2D eigenvalue weighted by Crippen LogP contribution is 2.26. The lowest BCUT2D eigenvalue weighted by molar-refractivity contribution is -0.222. The number of thioether (sulfide) groups is 1. The van der Waals surface area contributed by atoms with Crippen LogP contribution in [0.2, 0.25) is 0 Å². The molecule has 0 spiro atoms. The molecule has 1 N–H and O–H groups in total. The molecule has 3 rings (SSSR count). The van der Waals surface area contributed by atoms with Gasteiger partial charge in [-0.1, -0.05) is 0 Å². The lowest BCUT2D eigenvalue weighted by atomic mass is 10.2. The van der Waals surface area contributed by atoms with Gasteiger partial charge in [0.25, 0.3) is 5.79 Å². The number of nitrogens with zero attached hydrogens (tertiary/aromatic N) is 2. The Morgan fingerprint density at radius 1 is 1.03 bits per heavy atom. The van der Waals surface area contributed by atoms with Crippen LogP contribution in [0.25, 0.3) is 0 Å². The Kier molecular flexibility index (Phi) is 6.46. The van der Waals surface area contributed by atoms with Crippen molar-refractivity contribution in [1.29, 1.82) is 0 Å².